The Morgan fingerprint density at radius 2 is 1.94 bits per heavy atom. The first-order valence-corrected chi connectivity index (χ1v) is 9.84. The zero-order valence-electron chi connectivity index (χ0n) is 17.0. The van der Waals surface area contributed by atoms with Gasteiger partial charge in [-0.1, -0.05) is 29.3 Å². The van der Waals surface area contributed by atoms with Gasteiger partial charge in [-0.05, 0) is 38.5 Å². The van der Waals surface area contributed by atoms with Crippen molar-refractivity contribution < 1.29 is 4.92 Å². The molecule has 2 heterocycles. The first-order chi connectivity index (χ1) is 14.7. The Hall–Kier alpha value is -3.72. The van der Waals surface area contributed by atoms with E-state index in [0.717, 1.165) is 16.8 Å². The highest BCUT2D eigenvalue weighted by Gasteiger charge is 2.28. The van der Waals surface area contributed by atoms with E-state index in [9.17, 15) is 14.9 Å². The molecule has 2 N–H and O–H groups in total. The maximum atomic E-state index is 12.8. The molecule has 158 valence electrons. The fraction of sp³-hybridized carbons (Fsp3) is 0.190. The number of nitro benzene ring substituents is 1. The van der Waals surface area contributed by atoms with Gasteiger partial charge in [-0.2, -0.15) is 0 Å². The van der Waals surface area contributed by atoms with Crippen LogP contribution in [0.4, 0.5) is 17.3 Å². The van der Waals surface area contributed by atoms with Gasteiger partial charge in [0.05, 0.1) is 4.92 Å². The molecule has 0 saturated carbocycles. The van der Waals surface area contributed by atoms with Crippen molar-refractivity contribution in [3.8, 4) is 0 Å². The number of nitrogens with zero attached hydrogens (tertiary/aromatic N) is 4. The van der Waals surface area contributed by atoms with Crippen LogP contribution in [0.25, 0.3) is 0 Å². The highest BCUT2D eigenvalue weighted by molar-refractivity contribution is 6.31. The third kappa shape index (κ3) is 3.99. The summed E-state index contributed by atoms with van der Waals surface area (Å²) in [7, 11) is 0. The predicted octanol–water partition coefficient (Wildman–Crippen LogP) is 4.17. The summed E-state index contributed by atoms with van der Waals surface area (Å²) >= 11 is 6.37. The molecule has 1 aliphatic heterocycles. The van der Waals surface area contributed by atoms with Crippen LogP contribution in [0.15, 0.2) is 52.3 Å². The van der Waals surface area contributed by atoms with Crippen LogP contribution in [0.1, 0.15) is 28.6 Å². The highest BCUT2D eigenvalue weighted by Crippen LogP contribution is 2.33. The predicted molar refractivity (Wildman–Crippen MR) is 120 cm³/mol. The Labute approximate surface area is 182 Å². The minimum Gasteiger partial charge on any atom is -0.326 e. The molecule has 0 fully saturated rings. The maximum Gasteiger partial charge on any atom is 0.269 e. The van der Waals surface area contributed by atoms with Gasteiger partial charge >= 0.3 is 0 Å². The summed E-state index contributed by atoms with van der Waals surface area (Å²) in [6, 6.07) is 11.4. The number of aliphatic imine (C=N–C) groups is 1. The molecule has 31 heavy (non-hydrogen) atoms. The number of non-ortho nitro benzene ring substituents is 1. The summed E-state index contributed by atoms with van der Waals surface area (Å²) in [5, 5.41) is 17.8. The maximum absolute atomic E-state index is 12.8. The number of halogens is 1. The first-order valence-electron chi connectivity index (χ1n) is 9.46. The molecule has 1 aromatic heterocycles. The fourth-order valence-electron chi connectivity index (χ4n) is 3.44. The van der Waals surface area contributed by atoms with E-state index in [1.165, 1.54) is 28.8 Å². The molecule has 0 spiro atoms. The summed E-state index contributed by atoms with van der Waals surface area (Å²) in [6.45, 7) is 5.68. The van der Waals surface area contributed by atoms with Crippen molar-refractivity contribution in [3.63, 3.8) is 0 Å². The quantitative estimate of drug-likeness (QED) is 0.468. The molecule has 0 aliphatic carbocycles. The third-order valence-corrected chi connectivity index (χ3v) is 5.25. The number of hydrogen-bond donors (Lipinski definition) is 2. The molecule has 0 saturated heterocycles. The van der Waals surface area contributed by atoms with E-state index in [0.29, 0.717) is 17.2 Å². The number of nitro groups is 1. The molecule has 1 atom stereocenters. The number of nitrogens with one attached hydrogen (secondary N) is 2. The summed E-state index contributed by atoms with van der Waals surface area (Å²) < 4.78 is 1.32. The lowest BCUT2D eigenvalue weighted by Gasteiger charge is -2.27. The number of hydrogen-bond acceptors (Lipinski definition) is 7. The van der Waals surface area contributed by atoms with Crippen LogP contribution in [-0.4, -0.2) is 20.4 Å². The van der Waals surface area contributed by atoms with Crippen LogP contribution in [0.3, 0.4) is 0 Å². The highest BCUT2D eigenvalue weighted by atomic mass is 35.5. The number of rotatable bonds is 3. The smallest absolute Gasteiger partial charge is 0.269 e. The van der Waals surface area contributed by atoms with Crippen LogP contribution in [-0.2, 0) is 0 Å². The number of aryl methyl sites for hydroxylation is 3. The van der Waals surface area contributed by atoms with Gasteiger partial charge in [-0.25, -0.2) is 9.98 Å². The Morgan fingerprint density at radius 3 is 2.65 bits per heavy atom. The summed E-state index contributed by atoms with van der Waals surface area (Å²) in [6.07, 6.45) is -0.933. The molecule has 0 unspecified atom stereocenters. The Morgan fingerprint density at radius 1 is 1.16 bits per heavy atom. The second kappa shape index (κ2) is 7.84. The van der Waals surface area contributed by atoms with Crippen LogP contribution in [0.5, 0.6) is 0 Å². The van der Waals surface area contributed by atoms with E-state index in [-0.39, 0.29) is 22.2 Å². The Bertz CT molecular complexity index is 1300. The third-order valence-electron chi connectivity index (χ3n) is 4.91. The van der Waals surface area contributed by atoms with E-state index >= 15 is 0 Å². The minimum absolute atomic E-state index is 0.147. The van der Waals surface area contributed by atoms with Crippen LogP contribution >= 0.6 is 11.6 Å². The van der Waals surface area contributed by atoms with E-state index < -0.39 is 11.1 Å². The van der Waals surface area contributed by atoms with Gasteiger partial charge in [0.1, 0.15) is 0 Å². The molecule has 0 amide bonds. The molecule has 4 rings (SSSR count). The molecule has 2 aromatic carbocycles. The van der Waals surface area contributed by atoms with Gasteiger partial charge in [0, 0.05) is 40.2 Å². The molecule has 9 nitrogen and oxygen atoms in total. The lowest BCUT2D eigenvalue weighted by atomic mass is 10.1. The van der Waals surface area contributed by atoms with Gasteiger partial charge in [-0.15, -0.1) is 0 Å². The lowest BCUT2D eigenvalue weighted by molar-refractivity contribution is -0.384. The van der Waals surface area contributed by atoms with Crippen molar-refractivity contribution in [1.29, 1.82) is 0 Å². The Kier molecular flexibility index (Phi) is 5.20. The van der Waals surface area contributed by atoms with E-state index in [4.69, 9.17) is 11.6 Å². The minimum atomic E-state index is -0.933. The van der Waals surface area contributed by atoms with Crippen molar-refractivity contribution >= 4 is 34.9 Å². The van der Waals surface area contributed by atoms with E-state index in [2.05, 4.69) is 20.6 Å². The average Bonchev–Trinajstić information content (AvgIpc) is 2.69. The van der Waals surface area contributed by atoms with Crippen molar-refractivity contribution in [2.45, 2.75) is 26.9 Å². The number of benzene rings is 2. The molecule has 0 radical (unpaired) electrons. The van der Waals surface area contributed by atoms with Crippen LogP contribution in [0, 0.1) is 30.9 Å². The van der Waals surface area contributed by atoms with Gasteiger partial charge in [0.25, 0.3) is 11.2 Å². The summed E-state index contributed by atoms with van der Waals surface area (Å²) in [4.78, 5) is 32.6. The largest absolute Gasteiger partial charge is 0.326 e. The summed E-state index contributed by atoms with van der Waals surface area (Å²) in [5.74, 6) is 0.608. The molecular formula is C21H19ClN6O3. The molecule has 3 aromatic rings. The lowest BCUT2D eigenvalue weighted by Crippen LogP contribution is -2.38. The van der Waals surface area contributed by atoms with E-state index in [1.54, 1.807) is 6.92 Å². The van der Waals surface area contributed by atoms with E-state index in [1.807, 2.05) is 32.0 Å². The number of anilines is 2. The number of aromatic nitrogens is 2. The van der Waals surface area contributed by atoms with Crippen molar-refractivity contribution in [3.05, 3.63) is 90.3 Å². The van der Waals surface area contributed by atoms with Crippen molar-refractivity contribution in [1.82, 2.24) is 9.55 Å². The first kappa shape index (κ1) is 20.5. The molecule has 1 aliphatic rings. The monoisotopic (exact) mass is 438 g/mol. The van der Waals surface area contributed by atoms with Gasteiger partial charge < -0.3 is 5.32 Å². The zero-order chi connectivity index (χ0) is 22.3. The second-order valence-corrected chi connectivity index (χ2v) is 7.72. The van der Waals surface area contributed by atoms with Gasteiger partial charge in [0.15, 0.2) is 6.17 Å². The van der Waals surface area contributed by atoms with Crippen molar-refractivity contribution in [2.75, 3.05) is 10.6 Å². The fourth-order valence-corrected chi connectivity index (χ4v) is 3.66. The molecule has 0 bridgehead atoms. The number of guanidine groups is 1. The normalized spacial score (nSPS) is 15.0. The standard InChI is InChI=1S/C21H19ClN6O3/c1-11-4-7-17(12(2)8-11)24-20-25-19(15-10-14(28(30)31)5-6-16(15)22)27-18(29)9-13(3)23-21(27)26-20/h4-10,19H,1-3H3,(H2,23,24,25,26)/t19-/m0/s1. The summed E-state index contributed by atoms with van der Waals surface area (Å²) in [5.41, 5.74) is 3.31. The average molecular weight is 439 g/mol. The van der Waals surface area contributed by atoms with Gasteiger partial charge in [-0.3, -0.25) is 24.8 Å². The van der Waals surface area contributed by atoms with Crippen LogP contribution < -0.4 is 16.2 Å². The molecular weight excluding hydrogens is 420 g/mol. The van der Waals surface area contributed by atoms with Gasteiger partial charge in [0.2, 0.25) is 11.9 Å². The topological polar surface area (TPSA) is 114 Å². The van der Waals surface area contributed by atoms with Crippen LogP contribution in [0.2, 0.25) is 5.02 Å². The van der Waals surface area contributed by atoms with Crippen molar-refractivity contribution in [2.24, 2.45) is 4.99 Å². The second-order valence-electron chi connectivity index (χ2n) is 7.31. The molecule has 10 heteroatoms. The number of fused-ring (bicyclic) bond motifs is 1. The SMILES string of the molecule is Cc1ccc(NC2=N[C@H](c3cc([N+](=O)[O-])ccc3Cl)n3c(nc(C)cc3=O)N2)c(C)c1. The zero-order valence-corrected chi connectivity index (χ0v) is 17.8. The Balaban J connectivity index is 1.86.